The Bertz CT molecular complexity index is 1060. The van der Waals surface area contributed by atoms with Crippen LogP contribution in [-0.2, 0) is 11.3 Å². The molecule has 9 heteroatoms. The lowest BCUT2D eigenvalue weighted by atomic mass is 10.0. The molecule has 31 heavy (non-hydrogen) atoms. The lowest BCUT2D eigenvalue weighted by Crippen LogP contribution is -2.35. The summed E-state index contributed by atoms with van der Waals surface area (Å²) in [5.74, 6) is -0.0370. The van der Waals surface area contributed by atoms with Crippen LogP contribution < -0.4 is 16.8 Å². The van der Waals surface area contributed by atoms with Gasteiger partial charge < -0.3 is 21.5 Å². The lowest BCUT2D eigenvalue weighted by molar-refractivity contribution is 0.0342. The van der Waals surface area contributed by atoms with E-state index in [0.29, 0.717) is 34.7 Å². The van der Waals surface area contributed by atoms with Gasteiger partial charge in [0.25, 0.3) is 5.91 Å². The van der Waals surface area contributed by atoms with E-state index in [9.17, 15) is 4.79 Å². The molecule has 5 N–H and O–H groups in total. The third kappa shape index (κ3) is 4.96. The van der Waals surface area contributed by atoms with E-state index >= 15 is 0 Å². The number of carbonyl (C=O) groups excluding carboxylic acids is 1. The Morgan fingerprint density at radius 3 is 2.61 bits per heavy atom. The molecular weight excluding hydrogens is 394 g/mol. The average Bonchev–Trinajstić information content (AvgIpc) is 2.78. The highest BCUT2D eigenvalue weighted by molar-refractivity contribution is 6.06. The first kappa shape index (κ1) is 21.1. The number of carbonyl (C=O) groups is 1. The van der Waals surface area contributed by atoms with Crippen molar-refractivity contribution in [3.05, 3.63) is 47.8 Å². The summed E-state index contributed by atoms with van der Waals surface area (Å²) in [6.45, 7) is 6.70. The Morgan fingerprint density at radius 2 is 1.94 bits per heavy atom. The summed E-state index contributed by atoms with van der Waals surface area (Å²) < 4.78 is 5.41. The van der Waals surface area contributed by atoms with Crippen LogP contribution in [0.2, 0.25) is 0 Å². The zero-order valence-corrected chi connectivity index (χ0v) is 17.5. The first-order valence-electron chi connectivity index (χ1n) is 10.4. The molecule has 0 radical (unpaired) electrons. The highest BCUT2D eigenvalue weighted by Crippen LogP contribution is 2.27. The molecule has 0 unspecified atom stereocenters. The number of primary amides is 1. The van der Waals surface area contributed by atoms with Crippen LogP contribution in [0.1, 0.15) is 22.8 Å². The Morgan fingerprint density at radius 1 is 1.19 bits per heavy atom. The topological polar surface area (TPSA) is 132 Å². The average molecular weight is 422 g/mol. The van der Waals surface area contributed by atoms with E-state index in [1.807, 2.05) is 19.1 Å². The van der Waals surface area contributed by atoms with Gasteiger partial charge in [-0.05, 0) is 18.6 Å². The molecule has 3 aromatic rings. The molecule has 0 aliphatic carbocycles. The standard InChI is InChI=1S/C22H27N7O2/c1-14(23)11-25-22-20-19(26-13-27-22)17(21(24)30)10-18(28-20)16-4-2-15(3-5-16)12-29-6-8-31-9-7-29/h2-5,10,13-14H,6-9,11-12,23H2,1H3,(H2,24,30)(H,25,26,27)/t14-/m0/s1. The first-order valence-corrected chi connectivity index (χ1v) is 10.4. The third-order valence-electron chi connectivity index (χ3n) is 5.21. The van der Waals surface area contributed by atoms with Crippen LogP contribution in [0.5, 0.6) is 0 Å². The van der Waals surface area contributed by atoms with Gasteiger partial charge in [0, 0.05) is 37.8 Å². The second-order valence-electron chi connectivity index (χ2n) is 7.78. The van der Waals surface area contributed by atoms with Gasteiger partial charge in [0.05, 0.1) is 24.5 Å². The first-order chi connectivity index (χ1) is 15.0. The number of pyridine rings is 1. The number of hydrogen-bond donors (Lipinski definition) is 3. The number of benzene rings is 1. The van der Waals surface area contributed by atoms with Crippen LogP contribution in [0.15, 0.2) is 36.7 Å². The second-order valence-corrected chi connectivity index (χ2v) is 7.78. The molecule has 1 saturated heterocycles. The predicted octanol–water partition coefficient (Wildman–Crippen LogP) is 1.38. The van der Waals surface area contributed by atoms with Gasteiger partial charge >= 0.3 is 0 Å². The molecule has 1 aliphatic heterocycles. The molecule has 1 aliphatic rings. The van der Waals surface area contributed by atoms with Crippen molar-refractivity contribution in [3.63, 3.8) is 0 Å². The smallest absolute Gasteiger partial charge is 0.251 e. The van der Waals surface area contributed by atoms with Crippen molar-refractivity contribution >= 4 is 22.8 Å². The van der Waals surface area contributed by atoms with Crippen molar-refractivity contribution in [2.75, 3.05) is 38.2 Å². The predicted molar refractivity (Wildman–Crippen MR) is 120 cm³/mol. The molecular formula is C22H27N7O2. The lowest BCUT2D eigenvalue weighted by Gasteiger charge is -2.26. The van der Waals surface area contributed by atoms with E-state index in [-0.39, 0.29) is 6.04 Å². The van der Waals surface area contributed by atoms with Crippen LogP contribution >= 0.6 is 0 Å². The van der Waals surface area contributed by atoms with Crippen LogP contribution in [0, 0.1) is 0 Å². The number of ether oxygens (including phenoxy) is 1. The minimum absolute atomic E-state index is 0.0668. The third-order valence-corrected chi connectivity index (χ3v) is 5.21. The fourth-order valence-electron chi connectivity index (χ4n) is 3.56. The number of aromatic nitrogens is 3. The number of morpholine rings is 1. The highest BCUT2D eigenvalue weighted by Gasteiger charge is 2.17. The van der Waals surface area contributed by atoms with Crippen molar-refractivity contribution in [2.24, 2.45) is 11.5 Å². The van der Waals surface area contributed by atoms with Crippen LogP contribution in [-0.4, -0.2) is 64.6 Å². The molecule has 3 heterocycles. The number of hydrogen-bond acceptors (Lipinski definition) is 8. The molecule has 2 aromatic heterocycles. The van der Waals surface area contributed by atoms with E-state index in [0.717, 1.165) is 38.4 Å². The number of amides is 1. The van der Waals surface area contributed by atoms with Crippen molar-refractivity contribution in [1.82, 2.24) is 19.9 Å². The van der Waals surface area contributed by atoms with Gasteiger partial charge in [-0.2, -0.15) is 0 Å². The number of anilines is 1. The summed E-state index contributed by atoms with van der Waals surface area (Å²) in [7, 11) is 0. The molecule has 4 rings (SSSR count). The summed E-state index contributed by atoms with van der Waals surface area (Å²) >= 11 is 0. The molecule has 0 spiro atoms. The second kappa shape index (κ2) is 9.34. The molecule has 9 nitrogen and oxygen atoms in total. The number of fused-ring (bicyclic) bond motifs is 1. The monoisotopic (exact) mass is 421 g/mol. The van der Waals surface area contributed by atoms with E-state index in [2.05, 4.69) is 32.3 Å². The maximum absolute atomic E-state index is 12.1. The molecule has 1 amide bonds. The van der Waals surface area contributed by atoms with Crippen molar-refractivity contribution < 1.29 is 9.53 Å². The van der Waals surface area contributed by atoms with Gasteiger partial charge in [0.15, 0.2) is 5.82 Å². The number of nitrogens with zero attached hydrogens (tertiary/aromatic N) is 4. The number of nitrogens with two attached hydrogens (primary N) is 2. The molecule has 0 saturated carbocycles. The Balaban J connectivity index is 1.67. The number of nitrogens with one attached hydrogen (secondary N) is 1. The maximum atomic E-state index is 12.1. The zero-order valence-electron chi connectivity index (χ0n) is 17.5. The largest absolute Gasteiger partial charge is 0.379 e. The summed E-state index contributed by atoms with van der Waals surface area (Å²) in [6, 6.07) is 9.79. The van der Waals surface area contributed by atoms with Crippen LogP contribution in [0.4, 0.5) is 5.82 Å². The van der Waals surface area contributed by atoms with Crippen LogP contribution in [0.3, 0.4) is 0 Å². The van der Waals surface area contributed by atoms with Gasteiger partial charge in [-0.25, -0.2) is 15.0 Å². The molecule has 1 atom stereocenters. The van der Waals surface area contributed by atoms with Crippen molar-refractivity contribution in [2.45, 2.75) is 19.5 Å². The SMILES string of the molecule is C[C@H](N)CNc1ncnc2c(C(N)=O)cc(-c3ccc(CN4CCOCC4)cc3)nc12. The van der Waals surface area contributed by atoms with Gasteiger partial charge in [0.2, 0.25) is 0 Å². The van der Waals surface area contributed by atoms with Gasteiger partial charge in [-0.3, -0.25) is 9.69 Å². The zero-order chi connectivity index (χ0) is 21.8. The Kier molecular flexibility index (Phi) is 6.36. The molecule has 1 aromatic carbocycles. The van der Waals surface area contributed by atoms with E-state index in [1.54, 1.807) is 6.07 Å². The van der Waals surface area contributed by atoms with E-state index < -0.39 is 5.91 Å². The summed E-state index contributed by atoms with van der Waals surface area (Å²) in [5.41, 5.74) is 15.5. The molecule has 1 fully saturated rings. The Labute approximate surface area is 180 Å². The van der Waals surface area contributed by atoms with Gasteiger partial charge in [0.1, 0.15) is 17.4 Å². The fourth-order valence-corrected chi connectivity index (χ4v) is 3.56. The highest BCUT2D eigenvalue weighted by atomic mass is 16.5. The normalized spacial score (nSPS) is 15.7. The van der Waals surface area contributed by atoms with E-state index in [1.165, 1.54) is 11.9 Å². The summed E-state index contributed by atoms with van der Waals surface area (Å²) in [6.07, 6.45) is 1.39. The van der Waals surface area contributed by atoms with Crippen molar-refractivity contribution in [1.29, 1.82) is 0 Å². The van der Waals surface area contributed by atoms with Gasteiger partial charge in [-0.15, -0.1) is 0 Å². The van der Waals surface area contributed by atoms with Gasteiger partial charge in [-0.1, -0.05) is 24.3 Å². The van der Waals surface area contributed by atoms with E-state index in [4.69, 9.17) is 21.2 Å². The molecule has 162 valence electrons. The maximum Gasteiger partial charge on any atom is 0.251 e. The Hall–Kier alpha value is -3.14. The van der Waals surface area contributed by atoms with Crippen molar-refractivity contribution in [3.8, 4) is 11.3 Å². The fraction of sp³-hybridized carbons (Fsp3) is 0.364. The number of rotatable bonds is 7. The minimum Gasteiger partial charge on any atom is -0.379 e. The summed E-state index contributed by atoms with van der Waals surface area (Å²) in [5, 5.41) is 3.18. The summed E-state index contributed by atoms with van der Waals surface area (Å²) in [4.78, 5) is 27.8. The minimum atomic E-state index is -0.561. The quantitative estimate of drug-likeness (QED) is 0.521. The molecule has 0 bridgehead atoms. The van der Waals surface area contributed by atoms with Crippen LogP contribution in [0.25, 0.3) is 22.3 Å².